The maximum Gasteiger partial charge on any atom is 0.340 e. The number of carbonyl (C=O) groups excluding carboxylic acids is 1. The zero-order valence-corrected chi connectivity index (χ0v) is 12.7. The maximum absolute atomic E-state index is 12.1. The van der Waals surface area contributed by atoms with Gasteiger partial charge in [-0.2, -0.15) is 0 Å². The van der Waals surface area contributed by atoms with Gasteiger partial charge in [-0.1, -0.05) is 18.5 Å². The van der Waals surface area contributed by atoms with Crippen molar-refractivity contribution in [3.63, 3.8) is 0 Å². The number of hydrogen-bond acceptors (Lipinski definition) is 4. The molecule has 1 aliphatic rings. The Morgan fingerprint density at radius 2 is 2.15 bits per heavy atom. The summed E-state index contributed by atoms with van der Waals surface area (Å²) in [6, 6.07) is 3.28. The molecule has 1 aromatic rings. The molecule has 0 heterocycles. The summed E-state index contributed by atoms with van der Waals surface area (Å²) in [6.07, 6.45) is 4.37. The van der Waals surface area contributed by atoms with Crippen molar-refractivity contribution in [2.24, 2.45) is 0 Å². The van der Waals surface area contributed by atoms with Crippen molar-refractivity contribution in [1.29, 1.82) is 0 Å². The van der Waals surface area contributed by atoms with Gasteiger partial charge in [-0.25, -0.2) is 4.79 Å². The van der Waals surface area contributed by atoms with E-state index in [1.165, 1.54) is 6.42 Å². The van der Waals surface area contributed by atoms with Gasteiger partial charge in [0.1, 0.15) is 0 Å². The molecule has 0 unspecified atom stereocenters. The van der Waals surface area contributed by atoms with Crippen molar-refractivity contribution in [2.45, 2.75) is 45.1 Å². The lowest BCUT2D eigenvalue weighted by atomic mass is 9.74. The molecule has 4 nitrogen and oxygen atoms in total. The molecule has 0 bridgehead atoms. The summed E-state index contributed by atoms with van der Waals surface area (Å²) in [7, 11) is 0. The second kappa shape index (κ2) is 5.92. The maximum atomic E-state index is 12.1. The first-order valence-corrected chi connectivity index (χ1v) is 7.43. The summed E-state index contributed by atoms with van der Waals surface area (Å²) in [4.78, 5) is 12.1. The fraction of sp³-hybridized carbons (Fsp3) is 0.533. The number of carbonyl (C=O) groups is 1. The van der Waals surface area contributed by atoms with Crippen LogP contribution in [0.2, 0.25) is 5.02 Å². The summed E-state index contributed by atoms with van der Waals surface area (Å²) in [5, 5.41) is 3.92. The van der Waals surface area contributed by atoms with Crippen LogP contribution >= 0.6 is 11.6 Å². The minimum atomic E-state index is -0.394. The van der Waals surface area contributed by atoms with E-state index in [4.69, 9.17) is 22.1 Å². The second-order valence-corrected chi connectivity index (χ2v) is 5.67. The van der Waals surface area contributed by atoms with E-state index >= 15 is 0 Å². The van der Waals surface area contributed by atoms with E-state index in [0.717, 1.165) is 19.3 Å². The van der Waals surface area contributed by atoms with Crippen molar-refractivity contribution < 1.29 is 9.53 Å². The SMILES string of the molecule is CCOC(=O)c1cc(N)cc(Cl)c1NC1(CC)CCC1. The van der Waals surface area contributed by atoms with Gasteiger partial charge >= 0.3 is 5.97 Å². The average molecular weight is 297 g/mol. The predicted molar refractivity (Wildman–Crippen MR) is 82.3 cm³/mol. The van der Waals surface area contributed by atoms with Gasteiger partial charge in [0.05, 0.1) is 22.9 Å². The van der Waals surface area contributed by atoms with Crippen molar-refractivity contribution in [1.82, 2.24) is 0 Å². The summed E-state index contributed by atoms with van der Waals surface area (Å²) in [5.74, 6) is -0.394. The first-order valence-electron chi connectivity index (χ1n) is 7.05. The van der Waals surface area contributed by atoms with Gasteiger partial charge in [0.15, 0.2) is 0 Å². The van der Waals surface area contributed by atoms with Gasteiger partial charge < -0.3 is 15.8 Å². The van der Waals surface area contributed by atoms with Crippen LogP contribution in [0.5, 0.6) is 0 Å². The molecule has 0 amide bonds. The quantitative estimate of drug-likeness (QED) is 0.640. The van der Waals surface area contributed by atoms with E-state index in [2.05, 4.69) is 12.2 Å². The third kappa shape index (κ3) is 2.85. The smallest absolute Gasteiger partial charge is 0.340 e. The molecule has 1 aromatic carbocycles. The highest BCUT2D eigenvalue weighted by atomic mass is 35.5. The van der Waals surface area contributed by atoms with Crippen LogP contribution in [0.3, 0.4) is 0 Å². The lowest BCUT2D eigenvalue weighted by Crippen LogP contribution is -2.44. The Balaban J connectivity index is 2.37. The summed E-state index contributed by atoms with van der Waals surface area (Å²) in [5.41, 5.74) is 7.34. The van der Waals surface area contributed by atoms with Gasteiger partial charge in [-0.15, -0.1) is 0 Å². The second-order valence-electron chi connectivity index (χ2n) is 5.26. The highest BCUT2D eigenvalue weighted by Crippen LogP contribution is 2.41. The topological polar surface area (TPSA) is 64.3 Å². The first-order chi connectivity index (χ1) is 9.51. The lowest BCUT2D eigenvalue weighted by molar-refractivity contribution is 0.0527. The Labute approximate surface area is 124 Å². The predicted octanol–water partition coefficient (Wildman–Crippen LogP) is 3.84. The third-order valence-corrected chi connectivity index (χ3v) is 4.28. The number of nitrogens with one attached hydrogen (secondary N) is 1. The van der Waals surface area contributed by atoms with Crippen molar-refractivity contribution >= 4 is 28.9 Å². The van der Waals surface area contributed by atoms with E-state index < -0.39 is 5.97 Å². The molecule has 1 saturated carbocycles. The van der Waals surface area contributed by atoms with Crippen LogP contribution in [-0.4, -0.2) is 18.1 Å². The standard InChI is InChI=1S/C15H21ClN2O2/c1-3-15(6-5-7-15)18-13-11(14(19)20-4-2)8-10(17)9-12(13)16/h8-9,18H,3-7,17H2,1-2H3. The number of benzene rings is 1. The minimum Gasteiger partial charge on any atom is -0.462 e. The summed E-state index contributed by atoms with van der Waals surface area (Å²) >= 11 is 6.27. The molecule has 0 aromatic heterocycles. The van der Waals surface area contributed by atoms with E-state index in [1.54, 1.807) is 19.1 Å². The number of nitrogens with two attached hydrogens (primary N) is 1. The van der Waals surface area contributed by atoms with Crippen LogP contribution in [0.1, 0.15) is 49.9 Å². The average Bonchev–Trinajstić information content (AvgIpc) is 2.35. The van der Waals surface area contributed by atoms with Crippen molar-refractivity contribution in [3.05, 3.63) is 22.7 Å². The Kier molecular flexibility index (Phi) is 4.43. The molecular formula is C15H21ClN2O2. The number of halogens is 1. The number of ether oxygens (including phenoxy) is 1. The molecule has 0 radical (unpaired) electrons. The molecule has 1 fully saturated rings. The largest absolute Gasteiger partial charge is 0.462 e. The fourth-order valence-corrected chi connectivity index (χ4v) is 2.84. The lowest BCUT2D eigenvalue weighted by Gasteiger charge is -2.43. The van der Waals surface area contributed by atoms with Crippen molar-refractivity contribution in [3.8, 4) is 0 Å². The molecule has 1 aliphatic carbocycles. The highest BCUT2D eigenvalue weighted by Gasteiger charge is 2.36. The zero-order valence-electron chi connectivity index (χ0n) is 12.0. The van der Waals surface area contributed by atoms with Gasteiger partial charge in [-0.3, -0.25) is 0 Å². The Morgan fingerprint density at radius 1 is 1.45 bits per heavy atom. The number of rotatable bonds is 5. The Morgan fingerprint density at radius 3 is 2.65 bits per heavy atom. The van der Waals surface area contributed by atoms with Crippen molar-refractivity contribution in [2.75, 3.05) is 17.7 Å². The van der Waals surface area contributed by atoms with Crippen LogP contribution in [0.25, 0.3) is 0 Å². The number of hydrogen-bond donors (Lipinski definition) is 2. The molecule has 0 saturated heterocycles. The minimum absolute atomic E-state index is 0.0427. The third-order valence-electron chi connectivity index (χ3n) is 3.99. The summed E-state index contributed by atoms with van der Waals surface area (Å²) in [6.45, 7) is 4.24. The molecular weight excluding hydrogens is 276 g/mol. The van der Waals surface area contributed by atoms with E-state index in [0.29, 0.717) is 28.6 Å². The van der Waals surface area contributed by atoms with E-state index in [-0.39, 0.29) is 5.54 Å². The molecule has 3 N–H and O–H groups in total. The van der Waals surface area contributed by atoms with Crippen LogP contribution in [0.4, 0.5) is 11.4 Å². The Bertz CT molecular complexity index is 507. The number of nitrogen functional groups attached to an aromatic ring is 1. The van der Waals surface area contributed by atoms with E-state index in [9.17, 15) is 4.79 Å². The summed E-state index contributed by atoms with van der Waals surface area (Å²) < 4.78 is 5.09. The molecule has 20 heavy (non-hydrogen) atoms. The monoisotopic (exact) mass is 296 g/mol. The van der Waals surface area contributed by atoms with Gasteiger partial charge in [0.25, 0.3) is 0 Å². The zero-order chi connectivity index (χ0) is 14.8. The fourth-order valence-electron chi connectivity index (χ4n) is 2.56. The van der Waals surface area contributed by atoms with Gasteiger partial charge in [-0.05, 0) is 44.7 Å². The molecule has 2 rings (SSSR count). The molecule has 0 aliphatic heterocycles. The highest BCUT2D eigenvalue weighted by molar-refractivity contribution is 6.34. The van der Waals surface area contributed by atoms with Crippen LogP contribution in [0, 0.1) is 0 Å². The molecule has 5 heteroatoms. The number of anilines is 2. The first kappa shape index (κ1) is 15.0. The van der Waals surface area contributed by atoms with Gasteiger partial charge in [0, 0.05) is 11.2 Å². The van der Waals surface area contributed by atoms with Crippen LogP contribution in [-0.2, 0) is 4.74 Å². The Hall–Kier alpha value is -1.42. The molecule has 110 valence electrons. The van der Waals surface area contributed by atoms with Gasteiger partial charge in [0.2, 0.25) is 0 Å². The van der Waals surface area contributed by atoms with Crippen LogP contribution < -0.4 is 11.1 Å². The van der Waals surface area contributed by atoms with E-state index in [1.807, 2.05) is 0 Å². The normalized spacial score (nSPS) is 16.4. The number of esters is 1. The molecule has 0 spiro atoms. The van der Waals surface area contributed by atoms with Crippen LogP contribution in [0.15, 0.2) is 12.1 Å². The molecule has 0 atom stereocenters.